The summed E-state index contributed by atoms with van der Waals surface area (Å²) >= 11 is 1.42. The van der Waals surface area contributed by atoms with E-state index < -0.39 is 0 Å². The first-order chi connectivity index (χ1) is 13.6. The second-order valence-electron chi connectivity index (χ2n) is 7.07. The summed E-state index contributed by atoms with van der Waals surface area (Å²) in [6.07, 6.45) is 5.59. The molecule has 1 aromatic carbocycles. The molecule has 28 heavy (non-hydrogen) atoms. The fourth-order valence-corrected chi connectivity index (χ4v) is 4.06. The molecule has 0 radical (unpaired) electrons. The van der Waals surface area contributed by atoms with E-state index in [0.29, 0.717) is 11.8 Å². The normalized spacial score (nSPS) is 14.6. The van der Waals surface area contributed by atoms with E-state index >= 15 is 0 Å². The third kappa shape index (κ3) is 4.09. The van der Waals surface area contributed by atoms with Gasteiger partial charge in [-0.05, 0) is 51.0 Å². The van der Waals surface area contributed by atoms with Gasteiger partial charge in [0.05, 0.1) is 17.5 Å². The van der Waals surface area contributed by atoms with Gasteiger partial charge in [0, 0.05) is 17.9 Å². The van der Waals surface area contributed by atoms with Gasteiger partial charge in [0.15, 0.2) is 5.16 Å². The summed E-state index contributed by atoms with van der Waals surface area (Å²) in [5, 5.41) is 8.95. The Hall–Kier alpha value is -2.67. The average molecular weight is 394 g/mol. The highest BCUT2D eigenvalue weighted by molar-refractivity contribution is 7.99. The van der Waals surface area contributed by atoms with Crippen LogP contribution in [0.25, 0.3) is 5.69 Å². The van der Waals surface area contributed by atoms with Crippen LogP contribution in [0, 0.1) is 6.92 Å². The molecule has 0 N–H and O–H groups in total. The van der Waals surface area contributed by atoms with Crippen LogP contribution in [-0.2, 0) is 4.79 Å². The van der Waals surface area contributed by atoms with Gasteiger partial charge < -0.3 is 4.90 Å². The smallest absolute Gasteiger partial charge is 0.233 e. The van der Waals surface area contributed by atoms with Crippen molar-refractivity contribution >= 4 is 17.7 Å². The van der Waals surface area contributed by atoms with Gasteiger partial charge in [-0.25, -0.2) is 0 Å². The molecule has 1 unspecified atom stereocenters. The van der Waals surface area contributed by atoms with E-state index in [0.717, 1.165) is 29.4 Å². The predicted molar refractivity (Wildman–Crippen MR) is 109 cm³/mol. The number of nitrogens with zero attached hydrogens (tertiary/aromatic N) is 5. The lowest BCUT2D eigenvalue weighted by Gasteiger charge is -2.29. The van der Waals surface area contributed by atoms with Crippen LogP contribution in [-0.4, -0.2) is 42.4 Å². The number of aromatic nitrogens is 4. The van der Waals surface area contributed by atoms with Crippen LogP contribution in [0.3, 0.4) is 0 Å². The number of pyridine rings is 1. The summed E-state index contributed by atoms with van der Waals surface area (Å²) in [5.41, 5.74) is 3.12. The Kier molecular flexibility index (Phi) is 5.43. The van der Waals surface area contributed by atoms with E-state index in [1.165, 1.54) is 17.3 Å². The van der Waals surface area contributed by atoms with Crippen molar-refractivity contribution in [2.45, 2.75) is 43.9 Å². The Bertz CT molecular complexity index is 937. The number of hydrogen-bond donors (Lipinski definition) is 0. The van der Waals surface area contributed by atoms with E-state index in [1.54, 1.807) is 12.5 Å². The summed E-state index contributed by atoms with van der Waals surface area (Å²) in [5.74, 6) is 0.446. The second kappa shape index (κ2) is 8.14. The quantitative estimate of drug-likeness (QED) is 0.571. The number of carbonyl (C=O) groups is 1. The molecule has 6 nitrogen and oxygen atoms in total. The predicted octanol–water partition coefficient (Wildman–Crippen LogP) is 3.82. The van der Waals surface area contributed by atoms with Crippen molar-refractivity contribution in [1.82, 2.24) is 24.6 Å². The van der Waals surface area contributed by atoms with E-state index in [2.05, 4.69) is 41.2 Å². The lowest BCUT2D eigenvalue weighted by Crippen LogP contribution is -2.37. The fraction of sp³-hybridized carbons (Fsp3) is 0.333. The van der Waals surface area contributed by atoms with Crippen LogP contribution in [0.5, 0.6) is 0 Å². The maximum absolute atomic E-state index is 13.0. The molecule has 0 bridgehead atoms. The Morgan fingerprint density at radius 3 is 2.71 bits per heavy atom. The average Bonchev–Trinajstić information content (AvgIpc) is 3.44. The number of rotatable bonds is 7. The molecule has 1 aliphatic rings. The van der Waals surface area contributed by atoms with Crippen LogP contribution in [0.15, 0.2) is 60.1 Å². The number of amides is 1. The lowest BCUT2D eigenvalue weighted by molar-refractivity contribution is -0.131. The molecule has 2 aromatic heterocycles. The molecule has 0 spiro atoms. The van der Waals surface area contributed by atoms with Crippen molar-refractivity contribution in [1.29, 1.82) is 0 Å². The minimum Gasteiger partial charge on any atom is -0.331 e. The van der Waals surface area contributed by atoms with Gasteiger partial charge in [0.1, 0.15) is 6.33 Å². The first-order valence-electron chi connectivity index (χ1n) is 9.45. The standard InChI is InChI=1S/C21H23N5OS/c1-15-6-8-17(9-7-15)25-14-23-24-21(25)28-13-20(27)26(18-10-11-18)16(2)19-5-3-4-12-22-19/h3-9,12,14,16,18H,10-11,13H2,1-2H3. The summed E-state index contributed by atoms with van der Waals surface area (Å²) in [7, 11) is 0. The molecule has 4 rings (SSSR count). The van der Waals surface area contributed by atoms with Crippen molar-refractivity contribution in [3.05, 3.63) is 66.2 Å². The van der Waals surface area contributed by atoms with Gasteiger partial charge in [-0.1, -0.05) is 35.5 Å². The SMILES string of the molecule is Cc1ccc(-n2cnnc2SCC(=O)N(C2CC2)C(C)c2ccccn2)cc1. The molecule has 1 fully saturated rings. The van der Waals surface area contributed by atoms with E-state index in [1.807, 2.05) is 39.8 Å². The summed E-state index contributed by atoms with van der Waals surface area (Å²) in [4.78, 5) is 19.5. The minimum atomic E-state index is -0.0308. The number of thioether (sulfide) groups is 1. The number of benzene rings is 1. The molecule has 1 saturated carbocycles. The molecule has 0 saturated heterocycles. The summed E-state index contributed by atoms with van der Waals surface area (Å²) in [6, 6.07) is 14.3. The van der Waals surface area contributed by atoms with Gasteiger partial charge in [-0.15, -0.1) is 10.2 Å². The Morgan fingerprint density at radius 2 is 2.04 bits per heavy atom. The minimum absolute atomic E-state index is 0.0308. The maximum Gasteiger partial charge on any atom is 0.233 e. The van der Waals surface area contributed by atoms with Gasteiger partial charge in [-0.2, -0.15) is 0 Å². The molecule has 7 heteroatoms. The number of aryl methyl sites for hydroxylation is 1. The topological polar surface area (TPSA) is 63.9 Å². The van der Waals surface area contributed by atoms with Crippen molar-refractivity contribution < 1.29 is 4.79 Å². The van der Waals surface area contributed by atoms with Crippen molar-refractivity contribution in [2.24, 2.45) is 0 Å². The first-order valence-corrected chi connectivity index (χ1v) is 10.4. The van der Waals surface area contributed by atoms with Crippen molar-refractivity contribution in [3.8, 4) is 5.69 Å². The molecule has 0 aliphatic heterocycles. The molecule has 1 aliphatic carbocycles. The zero-order valence-electron chi connectivity index (χ0n) is 16.0. The first kappa shape index (κ1) is 18.7. The monoisotopic (exact) mass is 393 g/mol. The van der Waals surface area contributed by atoms with Crippen LogP contribution in [0.2, 0.25) is 0 Å². The zero-order valence-corrected chi connectivity index (χ0v) is 16.8. The van der Waals surface area contributed by atoms with E-state index in [-0.39, 0.29) is 11.9 Å². The van der Waals surface area contributed by atoms with Gasteiger partial charge in [0.25, 0.3) is 0 Å². The molecular weight excluding hydrogens is 370 g/mol. The summed E-state index contributed by atoms with van der Waals surface area (Å²) < 4.78 is 1.92. The lowest BCUT2D eigenvalue weighted by atomic mass is 10.1. The van der Waals surface area contributed by atoms with Crippen molar-refractivity contribution in [3.63, 3.8) is 0 Å². The second-order valence-corrected chi connectivity index (χ2v) is 8.01. The van der Waals surface area contributed by atoms with Crippen molar-refractivity contribution in [2.75, 3.05) is 5.75 Å². The molecule has 3 aromatic rings. The van der Waals surface area contributed by atoms with Gasteiger partial charge in [-0.3, -0.25) is 14.3 Å². The largest absolute Gasteiger partial charge is 0.331 e. The Morgan fingerprint density at radius 1 is 1.25 bits per heavy atom. The van der Waals surface area contributed by atoms with Crippen LogP contribution < -0.4 is 0 Å². The van der Waals surface area contributed by atoms with E-state index in [4.69, 9.17) is 0 Å². The molecule has 144 valence electrons. The molecule has 2 heterocycles. The highest BCUT2D eigenvalue weighted by Crippen LogP contribution is 2.34. The third-order valence-corrected chi connectivity index (χ3v) is 5.84. The van der Waals surface area contributed by atoms with Gasteiger partial charge in [0.2, 0.25) is 5.91 Å². The van der Waals surface area contributed by atoms with Crippen LogP contribution in [0.4, 0.5) is 0 Å². The Balaban J connectivity index is 1.46. The third-order valence-electron chi connectivity index (χ3n) is 4.91. The number of hydrogen-bond acceptors (Lipinski definition) is 5. The summed E-state index contributed by atoms with van der Waals surface area (Å²) in [6.45, 7) is 4.11. The molecule has 1 amide bonds. The van der Waals surface area contributed by atoms with Gasteiger partial charge >= 0.3 is 0 Å². The van der Waals surface area contributed by atoms with Crippen LogP contribution in [0.1, 0.15) is 37.1 Å². The Labute approximate surface area is 169 Å². The fourth-order valence-electron chi connectivity index (χ4n) is 3.26. The highest BCUT2D eigenvalue weighted by Gasteiger charge is 2.36. The highest BCUT2D eigenvalue weighted by atomic mass is 32.2. The number of carbonyl (C=O) groups excluding carboxylic acids is 1. The van der Waals surface area contributed by atoms with E-state index in [9.17, 15) is 4.79 Å². The van der Waals surface area contributed by atoms with Crippen LogP contribution >= 0.6 is 11.8 Å². The zero-order chi connectivity index (χ0) is 19.5. The maximum atomic E-state index is 13.0. The molecule has 1 atom stereocenters. The molecular formula is C21H23N5OS.